The van der Waals surface area contributed by atoms with Crippen LogP contribution in [0.15, 0.2) is 24.3 Å². The minimum absolute atomic E-state index is 0.219. The lowest BCUT2D eigenvalue weighted by Gasteiger charge is -2.38. The van der Waals surface area contributed by atoms with Gasteiger partial charge in [0.2, 0.25) is 0 Å². The topological polar surface area (TPSA) is 102 Å². The lowest BCUT2D eigenvalue weighted by atomic mass is 10.1. The Balaban J connectivity index is 1.84. The Labute approximate surface area is 167 Å². The van der Waals surface area contributed by atoms with Gasteiger partial charge in [-0.3, -0.25) is 19.7 Å². The fraction of sp³-hybridized carbons (Fsp3) is 0.400. The molecule has 0 spiro atoms. The molecule has 1 aromatic rings. The molecule has 1 aromatic carbocycles. The molecular formula is C20H21F2N3O4. The number of nitrogens with zero attached hydrogens (tertiary/aromatic N) is 1. The van der Waals surface area contributed by atoms with Crippen molar-refractivity contribution in [3.05, 3.63) is 35.4 Å². The number of hydroxylamine groups is 1. The standard InChI is InChI=1S/C20H21F2N3O4/c1-14(26)17(19(28)24-29)23-18(27)16-9-7-15(8-10-16)6-4-2-3-5-11-25-12-20(21,22)13-25/h7-10,14,17,26,29H,5,11-13H2,1H3,(H,23,27)(H,24,28)/t14-,17+/m1/s1. The van der Waals surface area contributed by atoms with Gasteiger partial charge in [-0.2, -0.15) is 0 Å². The highest BCUT2D eigenvalue weighted by atomic mass is 19.3. The third-order valence-electron chi connectivity index (χ3n) is 4.13. The first kappa shape index (κ1) is 22.3. The molecular weight excluding hydrogens is 384 g/mol. The zero-order chi connectivity index (χ0) is 21.4. The molecule has 9 heteroatoms. The highest BCUT2D eigenvalue weighted by Crippen LogP contribution is 2.26. The molecule has 154 valence electrons. The smallest absolute Gasteiger partial charge is 0.272 e. The summed E-state index contributed by atoms with van der Waals surface area (Å²) in [5.41, 5.74) is 2.24. The van der Waals surface area contributed by atoms with Crippen molar-refractivity contribution in [2.75, 3.05) is 19.6 Å². The van der Waals surface area contributed by atoms with E-state index in [4.69, 9.17) is 5.21 Å². The molecule has 29 heavy (non-hydrogen) atoms. The van der Waals surface area contributed by atoms with Gasteiger partial charge in [-0.25, -0.2) is 14.3 Å². The Bertz CT molecular complexity index is 856. The van der Waals surface area contributed by atoms with Gasteiger partial charge in [-0.15, -0.1) is 0 Å². The second-order valence-corrected chi connectivity index (χ2v) is 6.61. The Hall–Kier alpha value is -2.98. The van der Waals surface area contributed by atoms with Crippen LogP contribution in [0.5, 0.6) is 0 Å². The van der Waals surface area contributed by atoms with Crippen LogP contribution in [0.25, 0.3) is 0 Å². The minimum Gasteiger partial charge on any atom is -0.391 e. The number of aliphatic hydroxyl groups is 1. The maximum absolute atomic E-state index is 12.7. The van der Waals surface area contributed by atoms with Gasteiger partial charge in [0, 0.05) is 24.1 Å². The fourth-order valence-corrected chi connectivity index (χ4v) is 2.59. The average Bonchev–Trinajstić information content (AvgIpc) is 2.66. The molecule has 0 bridgehead atoms. The molecule has 0 radical (unpaired) electrons. The van der Waals surface area contributed by atoms with Crippen molar-refractivity contribution in [2.24, 2.45) is 0 Å². The molecule has 0 unspecified atom stereocenters. The van der Waals surface area contributed by atoms with E-state index in [-0.39, 0.29) is 18.7 Å². The van der Waals surface area contributed by atoms with E-state index < -0.39 is 29.9 Å². The molecule has 1 fully saturated rings. The quantitative estimate of drug-likeness (QED) is 0.311. The Morgan fingerprint density at radius 3 is 2.45 bits per heavy atom. The summed E-state index contributed by atoms with van der Waals surface area (Å²) in [6.45, 7) is 1.35. The lowest BCUT2D eigenvalue weighted by molar-refractivity contribution is -0.133. The van der Waals surface area contributed by atoms with Gasteiger partial charge in [0.1, 0.15) is 6.04 Å². The SMILES string of the molecule is C[C@@H](O)[C@H](NC(=O)c1ccc(C#CC#CCCN2CC(F)(F)C2)cc1)C(=O)NO. The van der Waals surface area contributed by atoms with Gasteiger partial charge < -0.3 is 10.4 Å². The number of nitrogens with one attached hydrogen (secondary N) is 2. The number of carbonyl (C=O) groups excluding carboxylic acids is 2. The van der Waals surface area contributed by atoms with Crippen molar-refractivity contribution in [1.29, 1.82) is 0 Å². The van der Waals surface area contributed by atoms with E-state index in [2.05, 4.69) is 29.0 Å². The zero-order valence-corrected chi connectivity index (χ0v) is 15.7. The van der Waals surface area contributed by atoms with Gasteiger partial charge in [0.05, 0.1) is 19.2 Å². The molecule has 1 aliphatic heterocycles. The molecule has 0 aromatic heterocycles. The molecule has 1 saturated heterocycles. The molecule has 4 N–H and O–H groups in total. The third kappa shape index (κ3) is 6.84. The van der Waals surface area contributed by atoms with Crippen molar-refractivity contribution >= 4 is 11.8 Å². The summed E-state index contributed by atoms with van der Waals surface area (Å²) < 4.78 is 25.3. The van der Waals surface area contributed by atoms with Crippen LogP contribution in [0.2, 0.25) is 0 Å². The number of amides is 2. The Morgan fingerprint density at radius 1 is 1.24 bits per heavy atom. The second-order valence-electron chi connectivity index (χ2n) is 6.61. The fourth-order valence-electron chi connectivity index (χ4n) is 2.59. The Kier molecular flexibility index (Phi) is 7.68. The largest absolute Gasteiger partial charge is 0.391 e. The number of aliphatic hydroxyl groups excluding tert-OH is 1. The highest BCUT2D eigenvalue weighted by Gasteiger charge is 2.43. The van der Waals surface area contributed by atoms with Gasteiger partial charge in [-0.05, 0) is 43.0 Å². The normalized spacial score (nSPS) is 16.7. The second kappa shape index (κ2) is 9.99. The monoisotopic (exact) mass is 405 g/mol. The summed E-state index contributed by atoms with van der Waals surface area (Å²) in [5, 5.41) is 20.5. The summed E-state index contributed by atoms with van der Waals surface area (Å²) in [7, 11) is 0. The van der Waals surface area contributed by atoms with Gasteiger partial charge >= 0.3 is 0 Å². The average molecular weight is 405 g/mol. The van der Waals surface area contributed by atoms with Crippen molar-refractivity contribution in [2.45, 2.75) is 31.4 Å². The van der Waals surface area contributed by atoms with Gasteiger partial charge in [0.25, 0.3) is 17.7 Å². The van der Waals surface area contributed by atoms with Gasteiger partial charge in [0.15, 0.2) is 0 Å². The number of halogens is 2. The van der Waals surface area contributed by atoms with Crippen LogP contribution in [0.1, 0.15) is 29.3 Å². The first-order valence-corrected chi connectivity index (χ1v) is 8.84. The minimum atomic E-state index is -2.57. The van der Waals surface area contributed by atoms with Crippen molar-refractivity contribution in [3.8, 4) is 23.7 Å². The molecule has 2 atom stereocenters. The van der Waals surface area contributed by atoms with Crippen LogP contribution in [0.3, 0.4) is 0 Å². The molecule has 0 aliphatic carbocycles. The summed E-state index contributed by atoms with van der Waals surface area (Å²) in [6.07, 6.45) is -0.747. The number of hydrogen-bond acceptors (Lipinski definition) is 5. The van der Waals surface area contributed by atoms with Crippen LogP contribution in [-0.2, 0) is 4.79 Å². The number of carbonyl (C=O) groups is 2. The van der Waals surface area contributed by atoms with Crippen LogP contribution in [-0.4, -0.2) is 64.7 Å². The lowest BCUT2D eigenvalue weighted by Crippen LogP contribution is -2.56. The summed E-state index contributed by atoms with van der Waals surface area (Å²) in [4.78, 5) is 25.2. The van der Waals surface area contributed by atoms with E-state index in [9.17, 15) is 23.5 Å². The van der Waals surface area contributed by atoms with E-state index in [0.717, 1.165) is 0 Å². The summed E-state index contributed by atoms with van der Waals surface area (Å²) in [6, 6.07) is 4.87. The van der Waals surface area contributed by atoms with Crippen molar-refractivity contribution < 1.29 is 28.7 Å². The molecule has 1 heterocycles. The zero-order valence-electron chi connectivity index (χ0n) is 15.7. The maximum Gasteiger partial charge on any atom is 0.272 e. The Morgan fingerprint density at radius 2 is 1.90 bits per heavy atom. The van der Waals surface area contributed by atoms with Crippen LogP contribution in [0.4, 0.5) is 8.78 Å². The van der Waals surface area contributed by atoms with Crippen LogP contribution in [0, 0.1) is 23.7 Å². The van der Waals surface area contributed by atoms with Gasteiger partial charge in [-0.1, -0.05) is 11.8 Å². The van der Waals surface area contributed by atoms with E-state index in [0.29, 0.717) is 18.5 Å². The first-order valence-electron chi connectivity index (χ1n) is 8.84. The molecule has 7 nitrogen and oxygen atoms in total. The highest BCUT2D eigenvalue weighted by molar-refractivity contribution is 5.97. The summed E-state index contributed by atoms with van der Waals surface area (Å²) >= 11 is 0. The van der Waals surface area contributed by atoms with Crippen LogP contribution < -0.4 is 10.8 Å². The molecule has 2 rings (SSSR count). The van der Waals surface area contributed by atoms with E-state index in [1.165, 1.54) is 24.5 Å². The van der Waals surface area contributed by atoms with Crippen molar-refractivity contribution in [3.63, 3.8) is 0 Å². The number of benzene rings is 1. The predicted molar refractivity (Wildman–Crippen MR) is 100.0 cm³/mol. The molecule has 2 amide bonds. The van der Waals surface area contributed by atoms with Crippen LogP contribution >= 0.6 is 0 Å². The maximum atomic E-state index is 12.7. The predicted octanol–water partition coefficient (Wildman–Crippen LogP) is 0.367. The van der Waals surface area contributed by atoms with Crippen molar-refractivity contribution in [1.82, 2.24) is 15.7 Å². The number of rotatable bonds is 6. The van der Waals surface area contributed by atoms with E-state index in [1.807, 2.05) is 0 Å². The first-order chi connectivity index (χ1) is 13.7. The molecule has 0 saturated carbocycles. The molecule has 1 aliphatic rings. The van der Waals surface area contributed by atoms with E-state index in [1.54, 1.807) is 17.0 Å². The third-order valence-corrected chi connectivity index (χ3v) is 4.13. The number of alkyl halides is 2. The van der Waals surface area contributed by atoms with E-state index >= 15 is 0 Å². The summed E-state index contributed by atoms with van der Waals surface area (Å²) in [5.74, 6) is 6.81. The number of likely N-dealkylation sites (tertiary alicyclic amines) is 1. The number of hydrogen-bond donors (Lipinski definition) is 4.